The van der Waals surface area contributed by atoms with Crippen LogP contribution in [0.25, 0.3) is 0 Å². The van der Waals surface area contributed by atoms with Gasteiger partial charge in [-0.1, -0.05) is 18.2 Å². The monoisotopic (exact) mass is 209 g/mol. The minimum Gasteiger partial charge on any atom is -0.247 e. The molecule has 0 saturated carbocycles. The van der Waals surface area contributed by atoms with E-state index in [4.69, 9.17) is 5.26 Å². The van der Waals surface area contributed by atoms with Crippen LogP contribution in [0, 0.1) is 11.3 Å². The van der Waals surface area contributed by atoms with Crippen molar-refractivity contribution in [2.75, 3.05) is 5.75 Å². The Kier molecular flexibility index (Phi) is 4.48. The van der Waals surface area contributed by atoms with Gasteiger partial charge in [0.2, 0.25) is 0 Å². The second kappa shape index (κ2) is 5.66. The van der Waals surface area contributed by atoms with Gasteiger partial charge in [0.05, 0.1) is 12.5 Å². The first-order valence-corrected chi connectivity index (χ1v) is 5.44. The first-order valence-electron chi connectivity index (χ1n) is 4.45. The van der Waals surface area contributed by atoms with Gasteiger partial charge in [0.25, 0.3) is 0 Å². The molecule has 1 nitrogen and oxygen atoms in total. The van der Waals surface area contributed by atoms with Crippen LogP contribution in [0.1, 0.15) is 12.5 Å². The molecule has 0 radical (unpaired) electrons. The van der Waals surface area contributed by atoms with Gasteiger partial charge in [-0.2, -0.15) is 5.26 Å². The fraction of sp³-hybridized carbons (Fsp3) is 0.364. The summed E-state index contributed by atoms with van der Waals surface area (Å²) in [6.45, 7) is 1.54. The highest BCUT2D eigenvalue weighted by atomic mass is 32.2. The van der Waals surface area contributed by atoms with Gasteiger partial charge in [-0.15, -0.1) is 11.8 Å². The lowest BCUT2D eigenvalue weighted by Gasteiger charge is -2.06. The molecule has 74 valence electrons. The van der Waals surface area contributed by atoms with Crippen molar-refractivity contribution in [3.8, 4) is 6.07 Å². The van der Waals surface area contributed by atoms with Crippen LogP contribution in [0.3, 0.4) is 0 Å². The highest BCUT2D eigenvalue weighted by Crippen LogP contribution is 2.23. The van der Waals surface area contributed by atoms with Crippen LogP contribution < -0.4 is 0 Å². The Morgan fingerprint density at radius 1 is 1.50 bits per heavy atom. The maximum atomic E-state index is 12.6. The number of nitrogens with zero attached hydrogens (tertiary/aromatic N) is 1. The maximum absolute atomic E-state index is 12.6. The molecule has 0 heterocycles. The average molecular weight is 209 g/mol. The van der Waals surface area contributed by atoms with Crippen LogP contribution in [0.15, 0.2) is 29.2 Å². The van der Waals surface area contributed by atoms with Gasteiger partial charge in [0.1, 0.15) is 6.17 Å². The number of halogens is 1. The second-order valence-corrected chi connectivity index (χ2v) is 4.10. The number of alkyl halides is 1. The van der Waals surface area contributed by atoms with Crippen LogP contribution in [0.5, 0.6) is 0 Å². The van der Waals surface area contributed by atoms with E-state index in [0.717, 1.165) is 10.5 Å². The fourth-order valence-electron chi connectivity index (χ4n) is 1.08. The number of thioether (sulfide) groups is 1. The van der Waals surface area contributed by atoms with Gasteiger partial charge in [0.15, 0.2) is 0 Å². The minimum atomic E-state index is -0.810. The fourth-order valence-corrected chi connectivity index (χ4v) is 1.99. The summed E-state index contributed by atoms with van der Waals surface area (Å²) in [4.78, 5) is 1.01. The number of hydrogen-bond acceptors (Lipinski definition) is 2. The van der Waals surface area contributed by atoms with Gasteiger partial charge in [-0.25, -0.2) is 4.39 Å². The Morgan fingerprint density at radius 3 is 2.86 bits per heavy atom. The molecule has 0 spiro atoms. The topological polar surface area (TPSA) is 23.8 Å². The molecule has 0 aliphatic carbocycles. The van der Waals surface area contributed by atoms with Gasteiger partial charge in [-0.05, 0) is 18.6 Å². The van der Waals surface area contributed by atoms with E-state index >= 15 is 0 Å². The standard InChI is InChI=1S/C11H12FNS/c1-9(12)8-14-11-5-3-2-4-10(11)6-7-13/h2-5,9H,6,8H2,1H3. The molecule has 0 aromatic heterocycles. The Bertz CT molecular complexity index is 330. The lowest BCUT2D eigenvalue weighted by Crippen LogP contribution is -1.96. The molecule has 1 unspecified atom stereocenters. The zero-order chi connectivity index (χ0) is 10.4. The van der Waals surface area contributed by atoms with Gasteiger partial charge in [0, 0.05) is 10.6 Å². The Balaban J connectivity index is 2.70. The minimum absolute atomic E-state index is 0.393. The summed E-state index contributed by atoms with van der Waals surface area (Å²) in [5, 5.41) is 8.59. The van der Waals surface area contributed by atoms with Crippen molar-refractivity contribution in [1.82, 2.24) is 0 Å². The Hall–Kier alpha value is -1.01. The van der Waals surface area contributed by atoms with Gasteiger partial charge >= 0.3 is 0 Å². The van der Waals surface area contributed by atoms with E-state index in [9.17, 15) is 4.39 Å². The molecule has 3 heteroatoms. The summed E-state index contributed by atoms with van der Waals surface area (Å²) < 4.78 is 12.6. The number of nitriles is 1. The average Bonchev–Trinajstić information content (AvgIpc) is 2.17. The summed E-state index contributed by atoms with van der Waals surface area (Å²) in [6.07, 6.45) is -0.417. The molecule has 0 amide bonds. The van der Waals surface area contributed by atoms with Crippen molar-refractivity contribution in [2.24, 2.45) is 0 Å². The quantitative estimate of drug-likeness (QED) is 0.711. The summed E-state index contributed by atoms with van der Waals surface area (Å²) in [6, 6.07) is 9.75. The zero-order valence-electron chi connectivity index (χ0n) is 8.03. The third kappa shape index (κ3) is 3.39. The van der Waals surface area contributed by atoms with Crippen LogP contribution in [0.2, 0.25) is 0 Å². The predicted molar refractivity (Wildman–Crippen MR) is 57.1 cm³/mol. The van der Waals surface area contributed by atoms with Crippen molar-refractivity contribution in [3.05, 3.63) is 29.8 Å². The summed E-state index contributed by atoms with van der Waals surface area (Å²) in [5.74, 6) is 0.447. The van der Waals surface area contributed by atoms with Crippen molar-refractivity contribution >= 4 is 11.8 Å². The van der Waals surface area contributed by atoms with Crippen molar-refractivity contribution in [2.45, 2.75) is 24.4 Å². The first kappa shape index (κ1) is 11.1. The van der Waals surface area contributed by atoms with Crippen molar-refractivity contribution < 1.29 is 4.39 Å². The van der Waals surface area contributed by atoms with Crippen molar-refractivity contribution in [1.29, 1.82) is 5.26 Å². The third-order valence-corrected chi connectivity index (χ3v) is 3.05. The number of rotatable bonds is 4. The molecule has 1 rings (SSSR count). The van der Waals surface area contributed by atoms with E-state index in [1.54, 1.807) is 6.92 Å². The number of hydrogen-bond donors (Lipinski definition) is 0. The molecular formula is C11H12FNS. The molecule has 0 aliphatic rings. The molecule has 14 heavy (non-hydrogen) atoms. The third-order valence-electron chi connectivity index (χ3n) is 1.71. The SMILES string of the molecule is CC(F)CSc1ccccc1CC#N. The van der Waals surface area contributed by atoms with Crippen LogP contribution >= 0.6 is 11.8 Å². The summed E-state index contributed by atoms with van der Waals surface area (Å²) >= 11 is 1.47. The van der Waals surface area contributed by atoms with Gasteiger partial charge < -0.3 is 0 Å². The Labute approximate surface area is 87.9 Å². The van der Waals surface area contributed by atoms with E-state index in [1.807, 2.05) is 24.3 Å². The largest absolute Gasteiger partial charge is 0.247 e. The normalized spacial score (nSPS) is 12.1. The van der Waals surface area contributed by atoms with E-state index in [1.165, 1.54) is 11.8 Å². The first-order chi connectivity index (χ1) is 6.74. The molecule has 1 atom stereocenters. The Morgan fingerprint density at radius 2 is 2.21 bits per heavy atom. The number of benzene rings is 1. The summed E-state index contributed by atoms with van der Waals surface area (Å²) in [7, 11) is 0. The van der Waals surface area contributed by atoms with E-state index in [2.05, 4.69) is 6.07 Å². The lowest BCUT2D eigenvalue weighted by molar-refractivity contribution is 0.398. The molecule has 0 saturated heterocycles. The van der Waals surface area contributed by atoms with E-state index in [-0.39, 0.29) is 0 Å². The zero-order valence-corrected chi connectivity index (χ0v) is 8.85. The highest BCUT2D eigenvalue weighted by Gasteiger charge is 2.04. The molecule has 0 bridgehead atoms. The molecule has 0 fully saturated rings. The maximum Gasteiger partial charge on any atom is 0.107 e. The van der Waals surface area contributed by atoms with E-state index < -0.39 is 6.17 Å². The molecule has 0 N–H and O–H groups in total. The molecule has 1 aromatic carbocycles. The van der Waals surface area contributed by atoms with Gasteiger partial charge in [-0.3, -0.25) is 0 Å². The molecule has 0 aliphatic heterocycles. The predicted octanol–water partition coefficient (Wildman–Crippen LogP) is 3.20. The smallest absolute Gasteiger partial charge is 0.107 e. The molecular weight excluding hydrogens is 197 g/mol. The van der Waals surface area contributed by atoms with Crippen LogP contribution in [0.4, 0.5) is 4.39 Å². The molecule has 1 aromatic rings. The van der Waals surface area contributed by atoms with Crippen LogP contribution in [-0.2, 0) is 6.42 Å². The van der Waals surface area contributed by atoms with E-state index in [0.29, 0.717) is 12.2 Å². The van der Waals surface area contributed by atoms with Crippen molar-refractivity contribution in [3.63, 3.8) is 0 Å². The lowest BCUT2D eigenvalue weighted by atomic mass is 10.2. The highest BCUT2D eigenvalue weighted by molar-refractivity contribution is 7.99. The summed E-state index contributed by atoms with van der Waals surface area (Å²) in [5.41, 5.74) is 0.987. The van der Waals surface area contributed by atoms with Crippen LogP contribution in [-0.4, -0.2) is 11.9 Å². The second-order valence-electron chi connectivity index (χ2n) is 3.03.